The molecule has 1 heterocycles. The van der Waals surface area contributed by atoms with Crippen LogP contribution in [0, 0.1) is 12.8 Å². The first-order valence-corrected chi connectivity index (χ1v) is 7.85. The van der Waals surface area contributed by atoms with Gasteiger partial charge in [0.15, 0.2) is 0 Å². The van der Waals surface area contributed by atoms with Gasteiger partial charge in [-0.05, 0) is 32.3 Å². The normalized spacial score (nSPS) is 15.5. The molecule has 120 valence electrons. The van der Waals surface area contributed by atoms with Gasteiger partial charge in [-0.3, -0.25) is 4.79 Å². The van der Waals surface area contributed by atoms with Gasteiger partial charge in [0.1, 0.15) is 0 Å². The number of aryl methyl sites for hydroxylation is 1. The minimum Gasteiger partial charge on any atom is -0.466 e. The summed E-state index contributed by atoms with van der Waals surface area (Å²) in [6, 6.07) is 8.02. The number of benzene rings is 1. The summed E-state index contributed by atoms with van der Waals surface area (Å²) in [5.74, 6) is -0.205. The van der Waals surface area contributed by atoms with Crippen LogP contribution in [0.3, 0.4) is 0 Å². The smallest absolute Gasteiger partial charge is 0.317 e. The van der Waals surface area contributed by atoms with Crippen molar-refractivity contribution in [1.29, 1.82) is 0 Å². The maximum absolute atomic E-state index is 12.2. The number of likely N-dealkylation sites (tertiary alicyclic amines) is 1. The molecule has 2 amide bonds. The van der Waals surface area contributed by atoms with Crippen molar-refractivity contribution in [3.63, 3.8) is 0 Å². The van der Waals surface area contributed by atoms with Crippen LogP contribution in [0.15, 0.2) is 24.3 Å². The summed E-state index contributed by atoms with van der Waals surface area (Å²) in [6.45, 7) is 5.98. The van der Waals surface area contributed by atoms with Crippen molar-refractivity contribution in [3.8, 4) is 0 Å². The Kier molecular flexibility index (Phi) is 5.81. The molecule has 2 rings (SSSR count). The van der Waals surface area contributed by atoms with Gasteiger partial charge in [-0.2, -0.15) is 0 Å². The summed E-state index contributed by atoms with van der Waals surface area (Å²) in [4.78, 5) is 25.6. The van der Waals surface area contributed by atoms with E-state index in [1.54, 1.807) is 4.90 Å². The largest absolute Gasteiger partial charge is 0.466 e. The summed E-state index contributed by atoms with van der Waals surface area (Å²) >= 11 is 0. The zero-order valence-electron chi connectivity index (χ0n) is 13.3. The molecule has 1 aromatic rings. The molecular weight excluding hydrogens is 280 g/mol. The van der Waals surface area contributed by atoms with Crippen molar-refractivity contribution in [2.45, 2.75) is 33.2 Å². The van der Waals surface area contributed by atoms with E-state index in [2.05, 4.69) is 11.4 Å². The number of esters is 1. The van der Waals surface area contributed by atoms with E-state index in [0.717, 1.165) is 5.56 Å². The first kappa shape index (κ1) is 16.3. The van der Waals surface area contributed by atoms with E-state index in [4.69, 9.17) is 4.74 Å². The van der Waals surface area contributed by atoms with E-state index in [1.807, 2.05) is 32.0 Å². The van der Waals surface area contributed by atoms with Crippen LogP contribution in [0.25, 0.3) is 0 Å². The van der Waals surface area contributed by atoms with E-state index >= 15 is 0 Å². The van der Waals surface area contributed by atoms with Gasteiger partial charge in [-0.25, -0.2) is 4.79 Å². The van der Waals surface area contributed by atoms with Gasteiger partial charge in [0.25, 0.3) is 0 Å². The first-order chi connectivity index (χ1) is 10.6. The summed E-state index contributed by atoms with van der Waals surface area (Å²) in [5.41, 5.74) is 2.27. The quantitative estimate of drug-likeness (QED) is 0.869. The highest BCUT2D eigenvalue weighted by atomic mass is 16.5. The highest BCUT2D eigenvalue weighted by molar-refractivity contribution is 5.76. The molecule has 1 aliphatic rings. The molecule has 0 radical (unpaired) electrons. The molecule has 22 heavy (non-hydrogen) atoms. The van der Waals surface area contributed by atoms with Gasteiger partial charge < -0.3 is 15.0 Å². The van der Waals surface area contributed by atoms with E-state index in [-0.39, 0.29) is 17.9 Å². The predicted octanol–water partition coefficient (Wildman–Crippen LogP) is 2.48. The summed E-state index contributed by atoms with van der Waals surface area (Å²) < 4.78 is 5.04. The molecule has 5 heteroatoms. The summed E-state index contributed by atoms with van der Waals surface area (Å²) in [5, 5.41) is 2.94. The molecule has 0 spiro atoms. The molecule has 0 unspecified atom stereocenters. The number of nitrogens with zero attached hydrogens (tertiary/aromatic N) is 1. The standard InChI is InChI=1S/C17H24N2O3/c1-3-22-16(20)15-7-9-19(10-8-15)17(21)18-12-14-6-4-5-13(2)11-14/h4-6,11,15H,3,7-10,12H2,1-2H3,(H,18,21). The van der Waals surface area contributed by atoms with E-state index < -0.39 is 0 Å². The van der Waals surface area contributed by atoms with Crippen LogP contribution in [0.5, 0.6) is 0 Å². The molecule has 0 atom stereocenters. The Bertz CT molecular complexity index is 522. The fourth-order valence-electron chi connectivity index (χ4n) is 2.69. The maximum Gasteiger partial charge on any atom is 0.317 e. The number of nitrogens with one attached hydrogen (secondary N) is 1. The van der Waals surface area contributed by atoms with Crippen molar-refractivity contribution in [1.82, 2.24) is 10.2 Å². The molecule has 0 saturated carbocycles. The van der Waals surface area contributed by atoms with E-state index in [1.165, 1.54) is 5.56 Å². The fourth-order valence-corrected chi connectivity index (χ4v) is 2.69. The van der Waals surface area contributed by atoms with Crippen LogP contribution in [0.4, 0.5) is 4.79 Å². The second-order valence-corrected chi connectivity index (χ2v) is 5.66. The number of rotatable bonds is 4. The second kappa shape index (κ2) is 7.82. The number of ether oxygens (including phenoxy) is 1. The average Bonchev–Trinajstić information content (AvgIpc) is 2.53. The number of amides is 2. The third-order valence-corrected chi connectivity index (χ3v) is 3.93. The lowest BCUT2D eigenvalue weighted by Crippen LogP contribution is -2.45. The minimum absolute atomic E-state index is 0.0659. The van der Waals surface area contributed by atoms with Crippen molar-refractivity contribution in [2.24, 2.45) is 5.92 Å². The highest BCUT2D eigenvalue weighted by Gasteiger charge is 2.27. The van der Waals surface area contributed by atoms with Gasteiger partial charge in [0, 0.05) is 19.6 Å². The fraction of sp³-hybridized carbons (Fsp3) is 0.529. The zero-order chi connectivity index (χ0) is 15.9. The van der Waals surface area contributed by atoms with Crippen molar-refractivity contribution < 1.29 is 14.3 Å². The number of piperidine rings is 1. The van der Waals surface area contributed by atoms with E-state index in [0.29, 0.717) is 39.1 Å². The van der Waals surface area contributed by atoms with Gasteiger partial charge in [-0.1, -0.05) is 29.8 Å². The Morgan fingerprint density at radius 2 is 2.05 bits per heavy atom. The molecule has 1 aromatic carbocycles. The summed E-state index contributed by atoms with van der Waals surface area (Å²) in [6.07, 6.45) is 1.35. The maximum atomic E-state index is 12.2. The van der Waals surface area contributed by atoms with Crippen molar-refractivity contribution in [2.75, 3.05) is 19.7 Å². The Hall–Kier alpha value is -2.04. The highest BCUT2D eigenvalue weighted by Crippen LogP contribution is 2.18. The molecule has 1 aliphatic heterocycles. The lowest BCUT2D eigenvalue weighted by atomic mass is 9.97. The topological polar surface area (TPSA) is 58.6 Å². The minimum atomic E-state index is -0.137. The number of carbonyl (C=O) groups is 2. The van der Waals surface area contributed by atoms with Gasteiger partial charge >= 0.3 is 12.0 Å². The molecule has 5 nitrogen and oxygen atoms in total. The zero-order valence-corrected chi connectivity index (χ0v) is 13.3. The predicted molar refractivity (Wildman–Crippen MR) is 84.3 cm³/mol. The second-order valence-electron chi connectivity index (χ2n) is 5.66. The van der Waals surface area contributed by atoms with Crippen LogP contribution >= 0.6 is 0 Å². The van der Waals surface area contributed by atoms with E-state index in [9.17, 15) is 9.59 Å². The van der Waals surface area contributed by atoms with Crippen LogP contribution in [-0.4, -0.2) is 36.6 Å². The van der Waals surface area contributed by atoms with Gasteiger partial charge in [-0.15, -0.1) is 0 Å². The lowest BCUT2D eigenvalue weighted by Gasteiger charge is -2.30. The SMILES string of the molecule is CCOC(=O)C1CCN(C(=O)NCc2cccc(C)c2)CC1. The Morgan fingerprint density at radius 1 is 1.32 bits per heavy atom. The number of carbonyl (C=O) groups excluding carboxylic acids is 2. The lowest BCUT2D eigenvalue weighted by molar-refractivity contribution is -0.149. The van der Waals surface area contributed by atoms with Crippen molar-refractivity contribution >= 4 is 12.0 Å². The van der Waals surface area contributed by atoms with Crippen LogP contribution in [-0.2, 0) is 16.1 Å². The average molecular weight is 304 g/mol. The molecular formula is C17H24N2O3. The molecule has 1 fully saturated rings. The molecule has 1 saturated heterocycles. The number of hydrogen-bond acceptors (Lipinski definition) is 3. The molecule has 0 aliphatic carbocycles. The number of hydrogen-bond donors (Lipinski definition) is 1. The summed E-state index contributed by atoms with van der Waals surface area (Å²) in [7, 11) is 0. The third kappa shape index (κ3) is 4.48. The third-order valence-electron chi connectivity index (χ3n) is 3.93. The molecule has 0 aromatic heterocycles. The van der Waals surface area contributed by atoms with Crippen LogP contribution in [0.1, 0.15) is 30.9 Å². The van der Waals surface area contributed by atoms with Gasteiger partial charge in [0.05, 0.1) is 12.5 Å². The Balaban J connectivity index is 1.76. The molecule has 1 N–H and O–H groups in total. The molecule has 0 bridgehead atoms. The monoisotopic (exact) mass is 304 g/mol. The van der Waals surface area contributed by atoms with Crippen LogP contribution < -0.4 is 5.32 Å². The van der Waals surface area contributed by atoms with Crippen LogP contribution in [0.2, 0.25) is 0 Å². The number of urea groups is 1. The first-order valence-electron chi connectivity index (χ1n) is 7.85. The van der Waals surface area contributed by atoms with Crippen molar-refractivity contribution in [3.05, 3.63) is 35.4 Å². The Morgan fingerprint density at radius 3 is 2.68 bits per heavy atom. The Labute approximate surface area is 131 Å². The van der Waals surface area contributed by atoms with Gasteiger partial charge in [0.2, 0.25) is 0 Å².